The van der Waals surface area contributed by atoms with Gasteiger partial charge in [0.25, 0.3) is 5.69 Å². The highest BCUT2D eigenvalue weighted by molar-refractivity contribution is 7.89. The van der Waals surface area contributed by atoms with Gasteiger partial charge in [-0.3, -0.25) is 14.9 Å². The predicted molar refractivity (Wildman–Crippen MR) is 85.8 cm³/mol. The molecular weight excluding hydrogens is 340 g/mol. The van der Waals surface area contributed by atoms with Crippen molar-refractivity contribution in [3.63, 3.8) is 0 Å². The number of ether oxygens (including phenoxy) is 1. The number of benzene rings is 1. The van der Waals surface area contributed by atoms with Crippen LogP contribution in [0.4, 0.5) is 5.69 Å². The molecule has 0 aromatic heterocycles. The number of hydrogen-bond donors (Lipinski definition) is 3. The molecule has 4 N–H and O–H groups in total. The van der Waals surface area contributed by atoms with E-state index in [1.165, 1.54) is 7.11 Å². The Balaban J connectivity index is 2.46. The zero-order valence-electron chi connectivity index (χ0n) is 13.1. The van der Waals surface area contributed by atoms with Crippen molar-refractivity contribution >= 4 is 21.6 Å². The third-order valence-electron chi connectivity index (χ3n) is 3.11. The SMILES string of the molecule is COC(CN)CC(=O)NCCNS(=O)(=O)c1ccc([N+](=O)[O-])cc1. The van der Waals surface area contributed by atoms with Crippen molar-refractivity contribution in [3.05, 3.63) is 34.4 Å². The number of nitrogens with two attached hydrogens (primary N) is 1. The second kappa shape index (κ2) is 9.27. The summed E-state index contributed by atoms with van der Waals surface area (Å²) in [4.78, 5) is 21.4. The van der Waals surface area contributed by atoms with Gasteiger partial charge < -0.3 is 15.8 Å². The van der Waals surface area contributed by atoms with Crippen LogP contribution in [0, 0.1) is 10.1 Å². The minimum Gasteiger partial charge on any atom is -0.380 e. The molecule has 1 unspecified atom stereocenters. The van der Waals surface area contributed by atoms with Gasteiger partial charge in [-0.15, -0.1) is 0 Å². The van der Waals surface area contributed by atoms with Gasteiger partial charge in [0.15, 0.2) is 0 Å². The largest absolute Gasteiger partial charge is 0.380 e. The number of rotatable bonds is 10. The molecule has 1 aromatic rings. The van der Waals surface area contributed by atoms with Gasteiger partial charge in [0.2, 0.25) is 15.9 Å². The van der Waals surface area contributed by atoms with Crippen LogP contribution in [0.2, 0.25) is 0 Å². The van der Waals surface area contributed by atoms with Crippen LogP contribution in [0.3, 0.4) is 0 Å². The lowest BCUT2D eigenvalue weighted by atomic mass is 10.2. The van der Waals surface area contributed by atoms with Gasteiger partial charge in [0.05, 0.1) is 22.3 Å². The Morgan fingerprint density at radius 1 is 1.33 bits per heavy atom. The minimum atomic E-state index is -3.80. The summed E-state index contributed by atoms with van der Waals surface area (Å²) >= 11 is 0. The van der Waals surface area contributed by atoms with Crippen molar-refractivity contribution in [2.24, 2.45) is 5.73 Å². The molecule has 0 fully saturated rings. The van der Waals surface area contributed by atoms with E-state index in [2.05, 4.69) is 10.0 Å². The maximum atomic E-state index is 12.0. The average Bonchev–Trinajstić information content (AvgIpc) is 2.56. The maximum absolute atomic E-state index is 12.0. The first-order valence-electron chi connectivity index (χ1n) is 7.04. The third-order valence-corrected chi connectivity index (χ3v) is 4.58. The molecule has 10 nitrogen and oxygen atoms in total. The standard InChI is InChI=1S/C13H20N4O6S/c1-23-11(9-14)8-13(18)15-6-7-16-24(21,22)12-4-2-10(3-5-12)17(19)20/h2-5,11,16H,6-9,14H2,1H3,(H,15,18). The van der Waals surface area contributed by atoms with E-state index in [0.717, 1.165) is 24.3 Å². The van der Waals surface area contributed by atoms with E-state index in [1.807, 2.05) is 0 Å². The van der Waals surface area contributed by atoms with E-state index in [0.29, 0.717) is 0 Å². The normalized spacial score (nSPS) is 12.6. The number of carbonyl (C=O) groups is 1. The van der Waals surface area contributed by atoms with Crippen LogP contribution in [-0.4, -0.2) is 52.1 Å². The van der Waals surface area contributed by atoms with E-state index in [1.54, 1.807) is 0 Å². The Bertz CT molecular complexity index is 658. The van der Waals surface area contributed by atoms with Crippen molar-refractivity contribution in [2.75, 3.05) is 26.7 Å². The van der Waals surface area contributed by atoms with E-state index < -0.39 is 14.9 Å². The van der Waals surface area contributed by atoms with Crippen molar-refractivity contribution in [3.8, 4) is 0 Å². The number of hydrogen-bond acceptors (Lipinski definition) is 7. The predicted octanol–water partition coefficient (Wildman–Crippen LogP) is -0.647. The smallest absolute Gasteiger partial charge is 0.269 e. The summed E-state index contributed by atoms with van der Waals surface area (Å²) in [5, 5.41) is 13.1. The number of amides is 1. The maximum Gasteiger partial charge on any atom is 0.269 e. The summed E-state index contributed by atoms with van der Waals surface area (Å²) in [6, 6.07) is 4.50. The highest BCUT2D eigenvalue weighted by Crippen LogP contribution is 2.15. The number of nitrogens with zero attached hydrogens (tertiary/aromatic N) is 1. The van der Waals surface area contributed by atoms with Crippen LogP contribution in [-0.2, 0) is 19.6 Å². The van der Waals surface area contributed by atoms with Crippen molar-refractivity contribution in [1.82, 2.24) is 10.0 Å². The van der Waals surface area contributed by atoms with Crippen LogP contribution >= 0.6 is 0 Å². The molecule has 1 amide bonds. The fourth-order valence-corrected chi connectivity index (χ4v) is 2.79. The number of sulfonamides is 1. The Kier molecular flexibility index (Phi) is 7.71. The number of carbonyl (C=O) groups excluding carboxylic acids is 1. The molecule has 24 heavy (non-hydrogen) atoms. The fourth-order valence-electron chi connectivity index (χ4n) is 1.76. The number of nitrogens with one attached hydrogen (secondary N) is 2. The molecule has 0 heterocycles. The number of methoxy groups -OCH3 is 1. The van der Waals surface area contributed by atoms with Gasteiger partial charge in [0.1, 0.15) is 0 Å². The van der Waals surface area contributed by atoms with E-state index in [-0.39, 0.29) is 48.6 Å². The zero-order chi connectivity index (χ0) is 18.2. The highest BCUT2D eigenvalue weighted by atomic mass is 32.2. The van der Waals surface area contributed by atoms with Gasteiger partial charge in [-0.1, -0.05) is 0 Å². The van der Waals surface area contributed by atoms with Crippen LogP contribution in [0.25, 0.3) is 0 Å². The molecule has 1 aromatic carbocycles. The van der Waals surface area contributed by atoms with Gasteiger partial charge in [-0.2, -0.15) is 0 Å². The summed E-state index contributed by atoms with van der Waals surface area (Å²) in [5.74, 6) is -0.304. The first-order valence-corrected chi connectivity index (χ1v) is 8.52. The summed E-state index contributed by atoms with van der Waals surface area (Å²) in [6.07, 6.45) is -0.302. The average molecular weight is 360 g/mol. The molecule has 0 saturated carbocycles. The Morgan fingerprint density at radius 2 is 1.96 bits per heavy atom. The van der Waals surface area contributed by atoms with Crippen LogP contribution in [0.5, 0.6) is 0 Å². The number of nitro benzene ring substituents is 1. The quantitative estimate of drug-likeness (QED) is 0.285. The van der Waals surface area contributed by atoms with Crippen molar-refractivity contribution < 1.29 is 22.9 Å². The summed E-state index contributed by atoms with van der Waals surface area (Å²) < 4.78 is 31.3. The molecule has 134 valence electrons. The monoisotopic (exact) mass is 360 g/mol. The lowest BCUT2D eigenvalue weighted by Gasteiger charge is -2.12. The molecule has 0 saturated heterocycles. The first kappa shape index (κ1) is 20.0. The number of nitro groups is 1. The van der Waals surface area contributed by atoms with Crippen LogP contribution in [0.15, 0.2) is 29.2 Å². The van der Waals surface area contributed by atoms with Gasteiger partial charge in [-0.25, -0.2) is 13.1 Å². The molecule has 1 rings (SSSR count). The first-order chi connectivity index (χ1) is 11.3. The molecule has 11 heteroatoms. The Hall–Kier alpha value is -2.08. The lowest BCUT2D eigenvalue weighted by molar-refractivity contribution is -0.384. The Morgan fingerprint density at radius 3 is 2.46 bits per heavy atom. The molecular formula is C13H20N4O6S. The van der Waals surface area contributed by atoms with Crippen LogP contribution < -0.4 is 15.8 Å². The molecule has 1 atom stereocenters. The molecule has 0 radical (unpaired) electrons. The second-order valence-corrected chi connectivity index (χ2v) is 6.56. The minimum absolute atomic E-state index is 0.0225. The van der Waals surface area contributed by atoms with E-state index in [9.17, 15) is 23.3 Å². The highest BCUT2D eigenvalue weighted by Gasteiger charge is 2.16. The second-order valence-electron chi connectivity index (χ2n) is 4.80. The summed E-state index contributed by atoms with van der Waals surface area (Å²) in [7, 11) is -2.35. The molecule has 0 aliphatic rings. The third kappa shape index (κ3) is 6.20. The van der Waals surface area contributed by atoms with E-state index in [4.69, 9.17) is 10.5 Å². The summed E-state index contributed by atoms with van der Waals surface area (Å²) in [5.41, 5.74) is 5.20. The molecule has 0 aliphatic carbocycles. The van der Waals surface area contributed by atoms with Gasteiger partial charge >= 0.3 is 0 Å². The fraction of sp³-hybridized carbons (Fsp3) is 0.462. The lowest BCUT2D eigenvalue weighted by Crippen LogP contribution is -2.37. The van der Waals surface area contributed by atoms with Crippen molar-refractivity contribution in [1.29, 1.82) is 0 Å². The molecule has 0 aliphatic heterocycles. The van der Waals surface area contributed by atoms with Gasteiger partial charge in [0, 0.05) is 38.9 Å². The van der Waals surface area contributed by atoms with E-state index >= 15 is 0 Å². The Labute approximate surface area is 139 Å². The molecule has 0 bridgehead atoms. The van der Waals surface area contributed by atoms with Gasteiger partial charge in [-0.05, 0) is 12.1 Å². The topological polar surface area (TPSA) is 154 Å². The molecule has 0 spiro atoms. The van der Waals surface area contributed by atoms with Crippen LogP contribution in [0.1, 0.15) is 6.42 Å². The van der Waals surface area contributed by atoms with Crippen molar-refractivity contribution in [2.45, 2.75) is 17.4 Å². The zero-order valence-corrected chi connectivity index (χ0v) is 13.9. The summed E-state index contributed by atoms with van der Waals surface area (Å²) in [6.45, 7) is 0.272. The number of non-ortho nitro benzene ring substituents is 1.